The van der Waals surface area contributed by atoms with E-state index in [1.165, 1.54) is 75.9 Å². The number of carbonyl (C=O) groups is 6. The fourth-order valence-corrected chi connectivity index (χ4v) is 13.8. The molecule has 2 amide bonds. The van der Waals surface area contributed by atoms with Crippen LogP contribution < -0.4 is 20.1 Å². The third-order valence-corrected chi connectivity index (χ3v) is 19.5. The Kier molecular flexibility index (Phi) is 30.5. The zero-order valence-corrected chi connectivity index (χ0v) is 64.1. The maximum atomic E-state index is 13.4. The van der Waals surface area contributed by atoms with Gasteiger partial charge in [-0.25, -0.2) is 33.9 Å². The van der Waals surface area contributed by atoms with Gasteiger partial charge in [-0.15, -0.1) is 0 Å². The fraction of sp³-hybridized carbons (Fsp3) is 0.395. The second-order valence-electron chi connectivity index (χ2n) is 29.1. The van der Waals surface area contributed by atoms with Gasteiger partial charge in [0.05, 0.1) is 84.3 Å². The standard InChI is InChI=1S/C31H31N3O5.C18H18N2O3.C14H17NO3.C10H10O3.C9H17NO3.C4H9NO/c35-29(36)13-8-21-6-10-25(11-7-21)39-26-14-16-33(19-26)31(37)22-9-12-28-27(18-22)32-30(23-15-17-38-20-23)34(28)24-4-2-1-3-5-24;21-18(22)12-6-7-16-15(10-12)19-17(13-8-9-23-11-13)20(16)14-4-2-1-3-5-14;1-17-14(16)7-4-11-2-5-12(6-3-11)18-13-8-9-15-10-13;1-13-10(12)7-4-8-2-5-9(11)6-3-8;1-9(2,3)13-8(12)10-5-4-7(11)6-10;6-4-1-2-5-3-4/h6-13,15,17-18,20,24,26H,1-5,14,16,19H2,(H,35,36);6-11,14H,1-5H2,(H,21,22);2-7,13,15H,8-10H2,1H3;2-7,11H,1H3;7,11H,4-6H2,1-3H3;4-6H,1-3H2/b13-8+;;2*7-4+;;/t26-;;13-;;7-;4-/m1.0.11/s1. The van der Waals surface area contributed by atoms with Gasteiger partial charge in [-0.2, -0.15) is 0 Å². The number of aliphatic carboxylic acids is 1. The molecule has 2 aliphatic carbocycles. The molecule has 0 radical (unpaired) electrons. The summed E-state index contributed by atoms with van der Waals surface area (Å²) in [5.74, 6) is 0.842. The fourth-order valence-electron chi connectivity index (χ4n) is 13.8. The van der Waals surface area contributed by atoms with Gasteiger partial charge in [0.2, 0.25) is 0 Å². The Morgan fingerprint density at radius 1 is 0.518 bits per heavy atom. The molecule has 26 nitrogen and oxygen atoms in total. The van der Waals surface area contributed by atoms with E-state index in [9.17, 15) is 39.0 Å². The first kappa shape index (κ1) is 83.2. The predicted octanol–water partition coefficient (Wildman–Crippen LogP) is 14.2. The molecule has 26 heteroatoms. The van der Waals surface area contributed by atoms with Gasteiger partial charge in [0.1, 0.15) is 59.2 Å². The number of hydrogen-bond acceptors (Lipinski definition) is 20. The number of imidazole rings is 2. The summed E-state index contributed by atoms with van der Waals surface area (Å²) >= 11 is 0. The molecule has 4 atom stereocenters. The highest BCUT2D eigenvalue weighted by Crippen LogP contribution is 2.39. The van der Waals surface area contributed by atoms with E-state index in [-0.39, 0.29) is 53.7 Å². The number of carboxylic acids is 2. The number of hydrogen-bond donors (Lipinski definition) is 7. The van der Waals surface area contributed by atoms with Crippen LogP contribution in [0.5, 0.6) is 17.2 Å². The molecule has 5 aromatic carbocycles. The van der Waals surface area contributed by atoms with Crippen molar-refractivity contribution in [1.29, 1.82) is 0 Å². The number of rotatable bonds is 16. The first-order valence-corrected chi connectivity index (χ1v) is 38.2. The second kappa shape index (κ2) is 41.1. The second-order valence-corrected chi connectivity index (χ2v) is 29.1. The van der Waals surface area contributed by atoms with Crippen molar-refractivity contribution < 1.29 is 86.8 Å². The van der Waals surface area contributed by atoms with Crippen LogP contribution in [0.2, 0.25) is 0 Å². The lowest BCUT2D eigenvalue weighted by Crippen LogP contribution is -2.35. The number of aromatic hydroxyl groups is 1. The number of likely N-dealkylation sites (tertiary alicyclic amines) is 2. The molecule has 4 saturated heterocycles. The first-order valence-electron chi connectivity index (χ1n) is 38.2. The van der Waals surface area contributed by atoms with Crippen LogP contribution in [0, 0.1) is 0 Å². The summed E-state index contributed by atoms with van der Waals surface area (Å²) in [4.78, 5) is 81.5. The monoisotopic (exact) mass is 1530 g/mol. The van der Waals surface area contributed by atoms with Crippen molar-refractivity contribution in [3.05, 3.63) is 192 Å². The molecule has 6 aliphatic rings. The van der Waals surface area contributed by atoms with Crippen molar-refractivity contribution in [2.24, 2.45) is 0 Å². The minimum Gasteiger partial charge on any atom is -0.508 e. The molecule has 0 unspecified atom stereocenters. The van der Waals surface area contributed by atoms with Gasteiger partial charge in [0.25, 0.3) is 5.91 Å². The molecule has 4 aliphatic heterocycles. The van der Waals surface area contributed by atoms with Crippen LogP contribution >= 0.6 is 0 Å². The highest BCUT2D eigenvalue weighted by Gasteiger charge is 2.32. The van der Waals surface area contributed by atoms with Crippen molar-refractivity contribution in [3.63, 3.8) is 0 Å². The number of aromatic nitrogens is 4. The van der Waals surface area contributed by atoms with Crippen LogP contribution in [0.15, 0.2) is 173 Å². The number of β-amino-alcohol motifs (C(OH)–C–C–N with tert-alkyl or cyclic N) is 2. The zero-order chi connectivity index (χ0) is 79.5. The number of furan rings is 2. The van der Waals surface area contributed by atoms with Crippen LogP contribution in [-0.4, -0.2) is 187 Å². The number of phenolic OH excluding ortho intramolecular Hbond substituents is 1. The van der Waals surface area contributed by atoms with Crippen LogP contribution in [0.1, 0.15) is 160 Å². The molecule has 594 valence electrons. The molecule has 15 rings (SSSR count). The molecule has 7 N–H and O–H groups in total. The number of nitrogens with one attached hydrogen (secondary N) is 2. The Labute approximate surface area is 651 Å². The highest BCUT2D eigenvalue weighted by molar-refractivity contribution is 5.98. The third-order valence-electron chi connectivity index (χ3n) is 19.5. The summed E-state index contributed by atoms with van der Waals surface area (Å²) in [7, 11) is 2.68. The molecule has 0 spiro atoms. The molecule has 9 aromatic rings. The summed E-state index contributed by atoms with van der Waals surface area (Å²) in [5, 5.41) is 51.1. The molecular formula is C86H102N8O18. The van der Waals surface area contributed by atoms with E-state index >= 15 is 0 Å². The van der Waals surface area contributed by atoms with Crippen LogP contribution in [0.4, 0.5) is 4.79 Å². The van der Waals surface area contributed by atoms with Gasteiger partial charge < -0.3 is 87.6 Å². The number of ether oxygens (including phenoxy) is 5. The van der Waals surface area contributed by atoms with Crippen molar-refractivity contribution in [1.82, 2.24) is 39.5 Å². The molecule has 0 bridgehead atoms. The summed E-state index contributed by atoms with van der Waals surface area (Å²) in [5.41, 5.74) is 8.50. The third kappa shape index (κ3) is 24.8. The lowest BCUT2D eigenvalue weighted by molar-refractivity contribution is -0.135. The number of carbonyl (C=O) groups excluding carboxylic acids is 4. The van der Waals surface area contributed by atoms with E-state index in [0.29, 0.717) is 56.0 Å². The van der Waals surface area contributed by atoms with Crippen molar-refractivity contribution in [2.45, 2.75) is 153 Å². The van der Waals surface area contributed by atoms with E-state index in [4.69, 9.17) is 48.3 Å². The molecule has 112 heavy (non-hydrogen) atoms. The number of nitrogens with zero attached hydrogens (tertiary/aromatic N) is 6. The maximum absolute atomic E-state index is 13.4. The van der Waals surface area contributed by atoms with E-state index in [1.54, 1.807) is 73.6 Å². The number of aromatic carboxylic acids is 1. The van der Waals surface area contributed by atoms with Gasteiger partial charge in [-0.05, 0) is 199 Å². The Morgan fingerprint density at radius 2 is 1.00 bits per heavy atom. The Morgan fingerprint density at radius 3 is 1.43 bits per heavy atom. The number of methoxy groups -OCH3 is 2. The molecular weight excluding hydrogens is 1430 g/mol. The summed E-state index contributed by atoms with van der Waals surface area (Å²) in [6.07, 6.45) is 30.2. The van der Waals surface area contributed by atoms with Crippen LogP contribution in [0.3, 0.4) is 0 Å². The quantitative estimate of drug-likeness (QED) is 0.0268. The van der Waals surface area contributed by atoms with E-state index < -0.39 is 23.5 Å². The number of aliphatic hydroxyl groups excluding tert-OH is 2. The maximum Gasteiger partial charge on any atom is 0.410 e. The van der Waals surface area contributed by atoms with Crippen LogP contribution in [-0.2, 0) is 28.6 Å². The van der Waals surface area contributed by atoms with Gasteiger partial charge in [0.15, 0.2) is 0 Å². The van der Waals surface area contributed by atoms with Gasteiger partial charge in [0, 0.05) is 75.0 Å². The predicted molar refractivity (Wildman–Crippen MR) is 425 cm³/mol. The first-order chi connectivity index (χ1) is 54.1. The largest absolute Gasteiger partial charge is 0.508 e. The van der Waals surface area contributed by atoms with Gasteiger partial charge in [-0.3, -0.25) is 4.79 Å². The normalized spacial score (nSPS) is 18.5. The zero-order valence-electron chi connectivity index (χ0n) is 64.1. The average Bonchev–Trinajstić information content (AvgIpc) is 1.62. The number of phenols is 1. The minimum atomic E-state index is -0.985. The van der Waals surface area contributed by atoms with Gasteiger partial charge >= 0.3 is 30.0 Å². The summed E-state index contributed by atoms with van der Waals surface area (Å²) in [6.45, 7) is 11.3. The van der Waals surface area contributed by atoms with Crippen molar-refractivity contribution in [2.75, 3.05) is 66.6 Å². The van der Waals surface area contributed by atoms with E-state index in [1.807, 2.05) is 111 Å². The number of carboxylic acid groups (broad SMARTS) is 2. The number of fused-ring (bicyclic) bond motifs is 2. The number of aliphatic hydroxyl groups is 2. The number of esters is 2. The summed E-state index contributed by atoms with van der Waals surface area (Å²) in [6, 6.07) is 37.1. The number of amides is 2. The Balaban J connectivity index is 0.000000156. The van der Waals surface area contributed by atoms with E-state index in [2.05, 4.69) is 29.2 Å². The molecule has 8 heterocycles. The van der Waals surface area contributed by atoms with Crippen molar-refractivity contribution >= 4 is 76.2 Å². The smallest absolute Gasteiger partial charge is 0.410 e. The topological polar surface area (TPSA) is 342 Å². The Bertz CT molecular complexity index is 4590. The van der Waals surface area contributed by atoms with Crippen LogP contribution in [0.25, 0.3) is 63.1 Å². The average molecular weight is 1540 g/mol. The molecule has 2 saturated carbocycles. The molecule has 6 fully saturated rings. The lowest BCUT2D eigenvalue weighted by Gasteiger charge is -2.25. The van der Waals surface area contributed by atoms with Crippen molar-refractivity contribution in [3.8, 4) is 40.0 Å². The summed E-state index contributed by atoms with van der Waals surface area (Å²) < 4.78 is 41.2. The SMILES string of the molecule is CC(C)(C)OC(=O)N1CC[C@@H](O)C1.COC(=O)/C=C/c1ccc(O)cc1.COC(=O)/C=C/c1ccc(O[C@H]2CCNC2)cc1.O=C(O)/C=C/c1ccc(O[C@@H]2CCN(C(=O)c3ccc4c(c3)nc(-c3ccoc3)n4C3CCCCC3)C2)cc1.O=C(O)c1ccc2c(c1)nc(-c1ccoc1)n2C1CCCCC1.O[C@@H]1CCNC1. The number of benzene rings is 5. The Hall–Kier alpha value is -11.3. The van der Waals surface area contributed by atoms with E-state index in [0.717, 1.165) is 144 Å². The minimum absolute atomic E-state index is 0.0192. The lowest BCUT2D eigenvalue weighted by atomic mass is 9.95. The molecule has 4 aromatic heterocycles. The van der Waals surface area contributed by atoms with Gasteiger partial charge in [-0.1, -0.05) is 74.9 Å². The highest BCUT2D eigenvalue weighted by atomic mass is 16.6.